The molecule has 1 aromatic carbocycles. The van der Waals surface area contributed by atoms with E-state index in [1.165, 1.54) is 62.7 Å². The molecule has 1 amide bonds. The van der Waals surface area contributed by atoms with Crippen molar-refractivity contribution in [2.24, 2.45) is 5.92 Å². The van der Waals surface area contributed by atoms with Gasteiger partial charge in [0, 0.05) is 32.1 Å². The Morgan fingerprint density at radius 1 is 1.13 bits per heavy atom. The maximum Gasteiger partial charge on any atom is 0.243 e. The van der Waals surface area contributed by atoms with Crippen molar-refractivity contribution in [2.75, 3.05) is 53.4 Å². The number of likely N-dealkylation sites (tertiary alicyclic amines) is 2. The third-order valence-corrected chi connectivity index (χ3v) is 11.0. The highest BCUT2D eigenvalue weighted by Gasteiger charge is 2.27. The lowest BCUT2D eigenvalue weighted by atomic mass is 9.91. The monoisotopic (exact) mass is 564 g/mol. The second kappa shape index (κ2) is 14.8. The lowest BCUT2D eigenvalue weighted by molar-refractivity contribution is -0.122. The van der Waals surface area contributed by atoms with Gasteiger partial charge in [0.15, 0.2) is 0 Å². The van der Waals surface area contributed by atoms with Crippen LogP contribution in [0.5, 0.6) is 5.75 Å². The second-order valence-corrected chi connectivity index (χ2v) is 13.7. The zero-order chi connectivity index (χ0) is 28.6. The summed E-state index contributed by atoms with van der Waals surface area (Å²) in [5.41, 5.74) is 1.28. The van der Waals surface area contributed by atoms with Crippen molar-refractivity contribution < 1.29 is 17.9 Å². The summed E-state index contributed by atoms with van der Waals surface area (Å²) < 4.78 is 33.0. The molecule has 1 aromatic rings. The molecule has 8 nitrogen and oxygen atoms in total. The van der Waals surface area contributed by atoms with Crippen molar-refractivity contribution in [3.8, 4) is 5.75 Å². The van der Waals surface area contributed by atoms with Crippen LogP contribution in [-0.2, 0) is 14.8 Å². The van der Waals surface area contributed by atoms with Crippen LogP contribution in [0.25, 0.3) is 0 Å². The van der Waals surface area contributed by atoms with E-state index in [2.05, 4.69) is 29.0 Å². The summed E-state index contributed by atoms with van der Waals surface area (Å²) in [6.45, 7) is 14.3. The molecule has 1 N–H and O–H groups in total. The third kappa shape index (κ3) is 8.90. The molecule has 3 rings (SSSR count). The Kier molecular flexibility index (Phi) is 12.1. The maximum atomic E-state index is 13.2. The number of carbonyl (C=O) groups excluding carboxylic acids is 1. The quantitative estimate of drug-likeness (QED) is 0.344. The molecule has 0 spiro atoms. The van der Waals surface area contributed by atoms with Gasteiger partial charge in [-0.2, -0.15) is 0 Å². The van der Waals surface area contributed by atoms with Crippen LogP contribution in [0, 0.1) is 19.8 Å². The minimum absolute atomic E-state index is 0.0947. The fraction of sp³-hybridized carbons (Fsp3) is 0.767. The number of rotatable bonds is 15. The Labute approximate surface area is 237 Å². The van der Waals surface area contributed by atoms with E-state index in [-0.39, 0.29) is 29.8 Å². The molecule has 2 atom stereocenters. The number of benzene rings is 1. The molecule has 2 heterocycles. The first-order valence-electron chi connectivity index (χ1n) is 14.9. The van der Waals surface area contributed by atoms with Gasteiger partial charge < -0.3 is 19.9 Å². The molecule has 0 saturated carbocycles. The summed E-state index contributed by atoms with van der Waals surface area (Å²) in [6.07, 6.45) is 8.34. The van der Waals surface area contributed by atoms with Crippen LogP contribution in [0.4, 0.5) is 0 Å². The summed E-state index contributed by atoms with van der Waals surface area (Å²) in [7, 11) is -0.603. The lowest BCUT2D eigenvalue weighted by Crippen LogP contribution is -2.43. The highest BCUT2D eigenvalue weighted by atomic mass is 32.2. The number of sulfonamides is 1. The Morgan fingerprint density at radius 2 is 1.77 bits per heavy atom. The Morgan fingerprint density at radius 3 is 2.31 bits per heavy atom. The fourth-order valence-corrected chi connectivity index (χ4v) is 7.50. The number of nitrogens with one attached hydrogen (secondary N) is 1. The molecular formula is C30H52N4O4S. The predicted octanol–water partition coefficient (Wildman–Crippen LogP) is 4.19. The van der Waals surface area contributed by atoms with E-state index in [0.29, 0.717) is 22.9 Å². The smallest absolute Gasteiger partial charge is 0.243 e. The molecule has 2 aliphatic rings. The number of nitrogens with zero attached hydrogens (tertiary/aromatic N) is 3. The van der Waals surface area contributed by atoms with Gasteiger partial charge >= 0.3 is 0 Å². The van der Waals surface area contributed by atoms with Crippen molar-refractivity contribution in [2.45, 2.75) is 96.0 Å². The van der Waals surface area contributed by atoms with Crippen LogP contribution in [0.3, 0.4) is 0 Å². The number of aryl methyl sites for hydroxylation is 2. The van der Waals surface area contributed by atoms with Crippen LogP contribution >= 0.6 is 0 Å². The molecule has 39 heavy (non-hydrogen) atoms. The average Bonchev–Trinajstić information content (AvgIpc) is 2.88. The van der Waals surface area contributed by atoms with E-state index in [1.54, 1.807) is 40.1 Å². The zero-order valence-electron chi connectivity index (χ0n) is 25.2. The predicted molar refractivity (Wildman–Crippen MR) is 158 cm³/mol. The van der Waals surface area contributed by atoms with E-state index in [4.69, 9.17) is 4.74 Å². The number of amides is 1. The highest BCUT2D eigenvalue weighted by molar-refractivity contribution is 7.89. The van der Waals surface area contributed by atoms with E-state index < -0.39 is 10.0 Å². The SMILES string of the molecule is CC[C@H](CC[C@H](C)N1CCC(CCN2CCC2)CC1)NC(=O)CCN(C)S(=O)(=O)c1c(C)cc(OC)cc1C. The minimum atomic E-state index is -3.71. The topological polar surface area (TPSA) is 82.2 Å². The number of piperidine rings is 1. The molecule has 222 valence electrons. The van der Waals surface area contributed by atoms with Crippen LogP contribution < -0.4 is 10.1 Å². The largest absolute Gasteiger partial charge is 0.497 e. The molecule has 0 radical (unpaired) electrons. The van der Waals surface area contributed by atoms with Gasteiger partial charge in [0.25, 0.3) is 0 Å². The van der Waals surface area contributed by atoms with Gasteiger partial charge in [0.2, 0.25) is 15.9 Å². The van der Waals surface area contributed by atoms with E-state index in [1.807, 2.05) is 0 Å². The van der Waals surface area contributed by atoms with Crippen LogP contribution in [0.15, 0.2) is 17.0 Å². The summed E-state index contributed by atoms with van der Waals surface area (Å²) >= 11 is 0. The number of methoxy groups -OCH3 is 1. The standard InChI is InChI=1S/C30H52N4O4S/c1-7-27(10-9-25(4)34-19-12-26(13-20-34)11-18-33-15-8-16-33)31-29(35)14-17-32(5)39(36,37)30-23(2)21-28(38-6)22-24(30)3/h21-22,25-27H,7-20H2,1-6H3,(H,31,35)/t25-,27+/m0/s1. The van der Waals surface area contributed by atoms with Crippen molar-refractivity contribution >= 4 is 15.9 Å². The number of hydrogen-bond acceptors (Lipinski definition) is 6. The number of hydrogen-bond donors (Lipinski definition) is 1. The summed E-state index contributed by atoms with van der Waals surface area (Å²) in [6, 6.07) is 4.08. The molecular weight excluding hydrogens is 512 g/mol. The van der Waals surface area contributed by atoms with Gasteiger partial charge in [0.1, 0.15) is 5.75 Å². The molecule has 0 aliphatic carbocycles. The van der Waals surface area contributed by atoms with Gasteiger partial charge in [-0.25, -0.2) is 12.7 Å². The molecule has 0 bridgehead atoms. The van der Waals surface area contributed by atoms with Gasteiger partial charge in [-0.05, 0) is 128 Å². The van der Waals surface area contributed by atoms with E-state index >= 15 is 0 Å². The lowest BCUT2D eigenvalue weighted by Gasteiger charge is -2.38. The first-order chi connectivity index (χ1) is 18.5. The maximum absolute atomic E-state index is 13.2. The molecule has 2 saturated heterocycles. The molecule has 9 heteroatoms. The first-order valence-corrected chi connectivity index (χ1v) is 16.4. The average molecular weight is 565 g/mol. The summed E-state index contributed by atoms with van der Waals surface area (Å²) in [4.78, 5) is 18.2. The van der Waals surface area contributed by atoms with Gasteiger partial charge in [-0.15, -0.1) is 0 Å². The zero-order valence-corrected chi connectivity index (χ0v) is 26.0. The summed E-state index contributed by atoms with van der Waals surface area (Å²) in [5, 5.41) is 3.15. The van der Waals surface area contributed by atoms with Crippen LogP contribution in [0.1, 0.15) is 76.3 Å². The minimum Gasteiger partial charge on any atom is -0.497 e. The number of carbonyl (C=O) groups is 1. The highest BCUT2D eigenvalue weighted by Crippen LogP contribution is 2.28. The molecule has 0 aromatic heterocycles. The normalized spacial score (nSPS) is 19.1. The Balaban J connectivity index is 1.40. The third-order valence-electron chi connectivity index (χ3n) is 8.86. The van der Waals surface area contributed by atoms with Crippen LogP contribution in [-0.4, -0.2) is 93.9 Å². The van der Waals surface area contributed by atoms with E-state index in [0.717, 1.165) is 25.2 Å². The fourth-order valence-electron chi connectivity index (χ4n) is 5.93. The molecule has 2 aliphatic heterocycles. The first kappa shape index (κ1) is 31.8. The van der Waals surface area contributed by atoms with Gasteiger partial charge in [-0.1, -0.05) is 6.92 Å². The van der Waals surface area contributed by atoms with E-state index in [9.17, 15) is 13.2 Å². The molecule has 0 unspecified atom stereocenters. The number of ether oxygens (including phenoxy) is 1. The van der Waals surface area contributed by atoms with Crippen molar-refractivity contribution in [1.82, 2.24) is 19.4 Å². The van der Waals surface area contributed by atoms with Gasteiger partial charge in [0.05, 0.1) is 12.0 Å². The Hall–Kier alpha value is -1.68. The van der Waals surface area contributed by atoms with Crippen molar-refractivity contribution in [1.29, 1.82) is 0 Å². The van der Waals surface area contributed by atoms with Gasteiger partial charge in [-0.3, -0.25) is 4.79 Å². The van der Waals surface area contributed by atoms with Crippen molar-refractivity contribution in [3.63, 3.8) is 0 Å². The Bertz CT molecular complexity index is 1010. The molecule has 2 fully saturated rings. The summed E-state index contributed by atoms with van der Waals surface area (Å²) in [5.74, 6) is 1.41. The van der Waals surface area contributed by atoms with Crippen molar-refractivity contribution in [3.05, 3.63) is 23.3 Å². The van der Waals surface area contributed by atoms with Crippen LogP contribution in [0.2, 0.25) is 0 Å². The second-order valence-electron chi connectivity index (χ2n) is 11.7.